The van der Waals surface area contributed by atoms with Crippen molar-refractivity contribution >= 4 is 23.5 Å². The highest BCUT2D eigenvalue weighted by atomic mass is 32.2. The maximum absolute atomic E-state index is 13.1. The molecule has 6 nitrogen and oxygen atoms in total. The fraction of sp³-hybridized carbons (Fsp3) is 0.421. The van der Waals surface area contributed by atoms with Crippen molar-refractivity contribution in [2.45, 2.75) is 30.8 Å². The number of rotatable bonds is 5. The van der Waals surface area contributed by atoms with Crippen molar-refractivity contribution in [1.29, 1.82) is 0 Å². The highest BCUT2D eigenvalue weighted by molar-refractivity contribution is 7.99. The molecule has 1 aromatic heterocycles. The molecule has 1 aromatic carbocycles. The molecule has 0 aliphatic carbocycles. The minimum atomic E-state index is -0.295. The lowest BCUT2D eigenvalue weighted by Gasteiger charge is -2.31. The first-order valence-corrected chi connectivity index (χ1v) is 9.60. The third-order valence-corrected chi connectivity index (χ3v) is 5.87. The molecule has 26 heavy (non-hydrogen) atoms. The lowest BCUT2D eigenvalue weighted by Crippen LogP contribution is -2.40. The van der Waals surface area contributed by atoms with E-state index >= 15 is 0 Å². The topological polar surface area (TPSA) is 64.4 Å². The Morgan fingerprint density at radius 1 is 1.23 bits per heavy atom. The van der Waals surface area contributed by atoms with Crippen molar-refractivity contribution in [2.24, 2.45) is 7.05 Å². The molecular formula is C19H23N3O3S. The van der Waals surface area contributed by atoms with Gasteiger partial charge in [-0.1, -0.05) is 30.8 Å². The molecule has 0 spiro atoms. The molecule has 0 saturated heterocycles. The van der Waals surface area contributed by atoms with Crippen molar-refractivity contribution in [2.75, 3.05) is 24.8 Å². The Morgan fingerprint density at radius 2 is 1.92 bits per heavy atom. The van der Waals surface area contributed by atoms with Crippen molar-refractivity contribution in [3.05, 3.63) is 45.7 Å². The number of ether oxygens (including phenoxy) is 1. The van der Waals surface area contributed by atoms with Gasteiger partial charge in [-0.2, -0.15) is 0 Å². The highest BCUT2D eigenvalue weighted by Crippen LogP contribution is 2.37. The fourth-order valence-corrected chi connectivity index (χ4v) is 3.94. The minimum absolute atomic E-state index is 0.0366. The van der Waals surface area contributed by atoms with Gasteiger partial charge < -0.3 is 4.74 Å². The predicted octanol–water partition coefficient (Wildman–Crippen LogP) is 2.79. The maximum atomic E-state index is 13.1. The SMILES string of the molecule is CCCSc1nc2c(c(=O)n1C)C(c1ccc(OC)cc1)CC(=O)N2C. The number of carbonyl (C=O) groups excluding carboxylic acids is 1. The lowest BCUT2D eigenvalue weighted by molar-refractivity contribution is -0.118. The molecule has 0 radical (unpaired) electrons. The molecule has 2 heterocycles. The van der Waals surface area contributed by atoms with E-state index in [-0.39, 0.29) is 23.8 Å². The summed E-state index contributed by atoms with van der Waals surface area (Å²) in [6, 6.07) is 7.51. The zero-order chi connectivity index (χ0) is 18.8. The van der Waals surface area contributed by atoms with E-state index in [4.69, 9.17) is 4.74 Å². The lowest BCUT2D eigenvalue weighted by atomic mass is 9.86. The van der Waals surface area contributed by atoms with Crippen LogP contribution in [-0.2, 0) is 11.8 Å². The minimum Gasteiger partial charge on any atom is -0.497 e. The smallest absolute Gasteiger partial charge is 0.259 e. The van der Waals surface area contributed by atoms with Gasteiger partial charge in [0.2, 0.25) is 5.91 Å². The Morgan fingerprint density at radius 3 is 2.54 bits per heavy atom. The molecule has 1 aliphatic heterocycles. The second-order valence-electron chi connectivity index (χ2n) is 6.33. The summed E-state index contributed by atoms with van der Waals surface area (Å²) < 4.78 is 6.80. The number of aromatic nitrogens is 2. The van der Waals surface area contributed by atoms with E-state index in [0.29, 0.717) is 16.5 Å². The van der Waals surface area contributed by atoms with Gasteiger partial charge in [0, 0.05) is 32.2 Å². The van der Waals surface area contributed by atoms with Crippen LogP contribution < -0.4 is 15.2 Å². The van der Waals surface area contributed by atoms with Crippen molar-refractivity contribution in [3.8, 4) is 5.75 Å². The average molecular weight is 373 g/mol. The Hall–Kier alpha value is -2.28. The number of thioether (sulfide) groups is 1. The Bertz CT molecular complexity index is 877. The number of methoxy groups -OCH3 is 1. The van der Waals surface area contributed by atoms with Crippen LogP contribution in [-0.4, -0.2) is 35.4 Å². The van der Waals surface area contributed by atoms with E-state index in [1.807, 2.05) is 24.3 Å². The number of anilines is 1. The van der Waals surface area contributed by atoms with Crippen LogP contribution in [0.25, 0.3) is 0 Å². The summed E-state index contributed by atoms with van der Waals surface area (Å²) in [7, 11) is 5.04. The summed E-state index contributed by atoms with van der Waals surface area (Å²) >= 11 is 1.54. The number of nitrogens with zero attached hydrogens (tertiary/aromatic N) is 3. The fourth-order valence-electron chi connectivity index (χ4n) is 3.12. The molecule has 0 fully saturated rings. The van der Waals surface area contributed by atoms with E-state index < -0.39 is 0 Å². The number of benzene rings is 1. The van der Waals surface area contributed by atoms with Gasteiger partial charge in [-0.25, -0.2) is 4.98 Å². The third-order valence-electron chi connectivity index (χ3n) is 4.64. The molecule has 1 unspecified atom stereocenters. The summed E-state index contributed by atoms with van der Waals surface area (Å²) in [5, 5.41) is 0.644. The molecule has 0 saturated carbocycles. The number of hydrogen-bond acceptors (Lipinski definition) is 5. The maximum Gasteiger partial charge on any atom is 0.259 e. The van der Waals surface area contributed by atoms with Crippen LogP contribution in [0.2, 0.25) is 0 Å². The molecule has 0 N–H and O–H groups in total. The Labute approximate surface area is 157 Å². The zero-order valence-corrected chi connectivity index (χ0v) is 16.3. The van der Waals surface area contributed by atoms with E-state index in [1.54, 1.807) is 25.8 Å². The van der Waals surface area contributed by atoms with Gasteiger partial charge in [-0.3, -0.25) is 19.1 Å². The summed E-state index contributed by atoms with van der Waals surface area (Å²) in [6.07, 6.45) is 1.25. The molecule has 0 bridgehead atoms. The molecule has 3 rings (SSSR count). The van der Waals surface area contributed by atoms with Gasteiger partial charge >= 0.3 is 0 Å². The van der Waals surface area contributed by atoms with Crippen LogP contribution in [0.1, 0.15) is 36.8 Å². The monoisotopic (exact) mass is 373 g/mol. The summed E-state index contributed by atoms with van der Waals surface area (Å²) in [5.74, 6) is 1.76. The van der Waals surface area contributed by atoms with Crippen LogP contribution in [0, 0.1) is 0 Å². The molecule has 1 amide bonds. The van der Waals surface area contributed by atoms with E-state index in [1.165, 1.54) is 16.7 Å². The second kappa shape index (κ2) is 7.53. The number of carbonyl (C=O) groups is 1. The van der Waals surface area contributed by atoms with Crippen molar-refractivity contribution < 1.29 is 9.53 Å². The summed E-state index contributed by atoms with van der Waals surface area (Å²) in [6.45, 7) is 2.08. The van der Waals surface area contributed by atoms with Crippen LogP contribution in [0.4, 0.5) is 5.82 Å². The van der Waals surface area contributed by atoms with Gasteiger partial charge in [0.15, 0.2) is 5.16 Å². The molecule has 7 heteroatoms. The van der Waals surface area contributed by atoms with Gasteiger partial charge in [-0.05, 0) is 24.1 Å². The number of hydrogen-bond donors (Lipinski definition) is 0. The van der Waals surface area contributed by atoms with E-state index in [2.05, 4.69) is 11.9 Å². The molecule has 2 aromatic rings. The van der Waals surface area contributed by atoms with Crippen molar-refractivity contribution in [1.82, 2.24) is 9.55 Å². The first-order chi connectivity index (χ1) is 12.5. The third kappa shape index (κ3) is 3.23. The second-order valence-corrected chi connectivity index (χ2v) is 7.39. The van der Waals surface area contributed by atoms with E-state index in [9.17, 15) is 9.59 Å². The molecule has 1 atom stereocenters. The van der Waals surface area contributed by atoms with Gasteiger partial charge in [0.25, 0.3) is 5.56 Å². The van der Waals surface area contributed by atoms with Gasteiger partial charge in [0.1, 0.15) is 11.6 Å². The largest absolute Gasteiger partial charge is 0.497 e. The average Bonchev–Trinajstić information content (AvgIpc) is 2.66. The van der Waals surface area contributed by atoms with Crippen LogP contribution in [0.3, 0.4) is 0 Å². The Kier molecular flexibility index (Phi) is 5.36. The van der Waals surface area contributed by atoms with Crippen LogP contribution in [0.15, 0.2) is 34.2 Å². The number of amides is 1. The van der Waals surface area contributed by atoms with Crippen LogP contribution >= 0.6 is 11.8 Å². The highest BCUT2D eigenvalue weighted by Gasteiger charge is 2.35. The quantitative estimate of drug-likeness (QED) is 0.596. The molecule has 1 aliphatic rings. The van der Waals surface area contributed by atoms with Gasteiger partial charge in [0.05, 0.1) is 12.7 Å². The standard InChI is InChI=1S/C19H23N3O3S/c1-5-10-26-19-20-17-16(18(24)22(19)3)14(11-15(23)21(17)2)12-6-8-13(25-4)9-7-12/h6-9,14H,5,10-11H2,1-4H3. The predicted molar refractivity (Wildman–Crippen MR) is 103 cm³/mol. The molecular weight excluding hydrogens is 350 g/mol. The summed E-state index contributed by atoms with van der Waals surface area (Å²) in [5.41, 5.74) is 1.41. The number of fused-ring (bicyclic) bond motifs is 1. The van der Waals surface area contributed by atoms with E-state index in [0.717, 1.165) is 23.5 Å². The van der Waals surface area contributed by atoms with Gasteiger partial charge in [-0.15, -0.1) is 0 Å². The van der Waals surface area contributed by atoms with Crippen LogP contribution in [0.5, 0.6) is 5.75 Å². The Balaban J connectivity index is 2.14. The first kappa shape index (κ1) is 18.5. The zero-order valence-electron chi connectivity index (χ0n) is 15.5. The molecule has 138 valence electrons. The van der Waals surface area contributed by atoms with Crippen molar-refractivity contribution in [3.63, 3.8) is 0 Å². The normalized spacial score (nSPS) is 16.5. The first-order valence-electron chi connectivity index (χ1n) is 8.62. The summed E-state index contributed by atoms with van der Waals surface area (Å²) in [4.78, 5) is 31.8.